The van der Waals surface area contributed by atoms with Gasteiger partial charge in [-0.3, -0.25) is 29.1 Å². The Hall–Kier alpha value is -7.14. The molecule has 0 saturated carbocycles. The van der Waals surface area contributed by atoms with Crippen molar-refractivity contribution in [2.24, 2.45) is 0 Å². The zero-order chi connectivity index (χ0) is 43.2. The number of nitrogens with zero attached hydrogens (tertiary/aromatic N) is 4. The summed E-state index contributed by atoms with van der Waals surface area (Å²) in [7, 11) is 4.65. The number of methoxy groups -OCH3 is 1. The molecule has 4 aromatic rings. The number of nitrogens with one attached hydrogen (secondary N) is 2. The van der Waals surface area contributed by atoms with E-state index in [0.29, 0.717) is 45.5 Å². The molecule has 0 radical (unpaired) electrons. The highest BCUT2D eigenvalue weighted by Gasteiger charge is 2.33. The van der Waals surface area contributed by atoms with E-state index >= 15 is 0 Å². The minimum absolute atomic E-state index is 0.00570. The van der Waals surface area contributed by atoms with Gasteiger partial charge in [-0.15, -0.1) is 0 Å². The summed E-state index contributed by atoms with van der Waals surface area (Å²) in [6.45, 7) is 6.23. The second-order valence-corrected chi connectivity index (χ2v) is 14.8. The smallest absolute Gasteiger partial charge is 0.270 e. The number of carbonyl (C=O) groups excluding carboxylic acids is 4. The molecule has 1 unspecified atom stereocenters. The number of aromatic nitrogens is 2. The second kappa shape index (κ2) is 17.8. The zero-order valence-corrected chi connectivity index (χ0v) is 34.1. The van der Waals surface area contributed by atoms with Crippen molar-refractivity contribution in [3.8, 4) is 46.7 Å². The van der Waals surface area contributed by atoms with Crippen molar-refractivity contribution in [3.05, 3.63) is 95.6 Å². The minimum atomic E-state index is -1.19. The number of hydrogen-bond acceptors (Lipinski definition) is 12. The average molecular weight is 817 g/mol. The lowest BCUT2D eigenvalue weighted by molar-refractivity contribution is -0.121. The predicted molar refractivity (Wildman–Crippen MR) is 219 cm³/mol. The van der Waals surface area contributed by atoms with E-state index in [0.717, 1.165) is 0 Å². The third-order valence-electron chi connectivity index (χ3n) is 9.15. The van der Waals surface area contributed by atoms with Crippen molar-refractivity contribution in [1.29, 1.82) is 0 Å². The van der Waals surface area contributed by atoms with E-state index in [1.165, 1.54) is 41.4 Å². The molecule has 4 heterocycles. The van der Waals surface area contributed by atoms with Crippen molar-refractivity contribution in [1.82, 2.24) is 20.6 Å². The van der Waals surface area contributed by atoms with Gasteiger partial charge in [0.15, 0.2) is 6.79 Å². The molecule has 60 heavy (non-hydrogen) atoms. The Morgan fingerprint density at radius 3 is 1.75 bits per heavy atom. The molecule has 0 saturated heterocycles. The van der Waals surface area contributed by atoms with Gasteiger partial charge in [-0.1, -0.05) is 23.7 Å². The highest BCUT2D eigenvalue weighted by Crippen LogP contribution is 2.33. The number of rotatable bonds is 9. The SMILES string of the molecule is COc1ccnc(C(=O)N[C@@H]2COc3ccc(C#CC(C)(C)OCOc4ccnc(C(=O)NC5COc6ccc(C#CC(C)(C)O)cc6N(C)C5=O)c4)cc3N(C)C2=O)c1. The van der Waals surface area contributed by atoms with Gasteiger partial charge in [0, 0.05) is 49.7 Å². The van der Waals surface area contributed by atoms with E-state index < -0.39 is 41.0 Å². The van der Waals surface area contributed by atoms with Gasteiger partial charge in [0.05, 0.1) is 18.5 Å². The first-order chi connectivity index (χ1) is 28.5. The number of carbonyl (C=O) groups is 4. The van der Waals surface area contributed by atoms with Gasteiger partial charge in [0.2, 0.25) is 0 Å². The number of anilines is 2. The van der Waals surface area contributed by atoms with E-state index in [9.17, 15) is 24.3 Å². The lowest BCUT2D eigenvalue weighted by Crippen LogP contribution is -2.49. The second-order valence-electron chi connectivity index (χ2n) is 14.8. The van der Waals surface area contributed by atoms with E-state index in [1.54, 1.807) is 90.3 Å². The summed E-state index contributed by atoms with van der Waals surface area (Å²) < 4.78 is 28.7. The highest BCUT2D eigenvalue weighted by molar-refractivity contribution is 6.04. The van der Waals surface area contributed by atoms with Crippen LogP contribution in [-0.4, -0.2) is 103 Å². The summed E-state index contributed by atoms with van der Waals surface area (Å²) in [5, 5.41) is 15.4. The number of fused-ring (bicyclic) bond motifs is 2. The van der Waals surface area contributed by atoms with Crippen molar-refractivity contribution in [2.75, 3.05) is 51.0 Å². The normalized spacial score (nSPS) is 16.1. The summed E-state index contributed by atoms with van der Waals surface area (Å²) >= 11 is 0. The summed E-state index contributed by atoms with van der Waals surface area (Å²) in [5.41, 5.74) is 0.0283. The van der Waals surface area contributed by atoms with Crippen LogP contribution in [0.3, 0.4) is 0 Å². The number of likely N-dealkylation sites (N-methyl/N-ethyl adjacent to an activating group) is 2. The Bertz CT molecular complexity index is 2440. The standard InChI is InChI=1S/C44H44N6O10/c1-43(2,55)16-12-27-8-10-37-35(20-27)49(5)42(54)34(25-57-37)48-40(52)32-23-30(15-19-46-32)59-26-60-44(3,4)17-13-28-9-11-38-36(21-28)50(6)41(53)33(24-58-38)47-39(51)31-22-29(56-7)14-18-45-31/h8-11,14-15,18-23,33-34,55H,24-26H2,1-7H3,(H,47,51)(H,48,52)/t33-,34?/m1/s1. The Labute approximate surface area is 347 Å². The Balaban J connectivity index is 1.03. The molecule has 2 atom stereocenters. The summed E-state index contributed by atoms with van der Waals surface area (Å²) in [6, 6.07) is 14.3. The maximum atomic E-state index is 13.4. The zero-order valence-electron chi connectivity index (χ0n) is 34.1. The topological polar surface area (TPSA) is 191 Å². The van der Waals surface area contributed by atoms with Crippen LogP contribution in [0.15, 0.2) is 73.1 Å². The number of aliphatic hydroxyl groups is 1. The van der Waals surface area contributed by atoms with Crippen molar-refractivity contribution < 1.29 is 48.0 Å². The fourth-order valence-electron chi connectivity index (χ4n) is 5.84. The van der Waals surface area contributed by atoms with E-state index in [2.05, 4.69) is 44.3 Å². The fourth-order valence-corrected chi connectivity index (χ4v) is 5.84. The van der Waals surface area contributed by atoms with Gasteiger partial charge in [-0.25, -0.2) is 0 Å². The molecule has 3 N–H and O–H groups in total. The molecule has 0 bridgehead atoms. The molecule has 2 aliphatic rings. The van der Waals surface area contributed by atoms with E-state index in [4.69, 9.17) is 23.7 Å². The molecule has 16 nitrogen and oxygen atoms in total. The predicted octanol–water partition coefficient (Wildman–Crippen LogP) is 3.10. The molecule has 2 aromatic carbocycles. The van der Waals surface area contributed by atoms with Crippen molar-refractivity contribution >= 4 is 35.0 Å². The average Bonchev–Trinajstić information content (AvgIpc) is 3.42. The maximum absolute atomic E-state index is 13.4. The molecule has 0 aliphatic carbocycles. The molecule has 6 rings (SSSR count). The van der Waals surface area contributed by atoms with Crippen LogP contribution in [0.5, 0.6) is 23.0 Å². The number of ether oxygens (including phenoxy) is 5. The number of benzene rings is 2. The first-order valence-electron chi connectivity index (χ1n) is 18.7. The summed E-state index contributed by atoms with van der Waals surface area (Å²) in [6.07, 6.45) is 2.84. The quantitative estimate of drug-likeness (QED) is 0.166. The van der Waals surface area contributed by atoms with Gasteiger partial charge in [-0.2, -0.15) is 0 Å². The molecular formula is C44H44N6O10. The fraction of sp³-hybridized carbons (Fsp3) is 0.318. The largest absolute Gasteiger partial charge is 0.497 e. The molecule has 0 fully saturated rings. The van der Waals surface area contributed by atoms with E-state index in [-0.39, 0.29) is 37.3 Å². The minimum Gasteiger partial charge on any atom is -0.497 e. The van der Waals surface area contributed by atoms with Crippen molar-refractivity contribution in [3.63, 3.8) is 0 Å². The molecular weight excluding hydrogens is 773 g/mol. The van der Waals surface area contributed by atoms with Crippen molar-refractivity contribution in [2.45, 2.75) is 51.0 Å². The number of pyridine rings is 2. The molecule has 310 valence electrons. The number of hydrogen-bond donors (Lipinski definition) is 3. The third-order valence-corrected chi connectivity index (χ3v) is 9.15. The Morgan fingerprint density at radius 1 is 0.767 bits per heavy atom. The molecule has 2 aliphatic heterocycles. The van der Waals surface area contributed by atoms with Crippen LogP contribution in [0.25, 0.3) is 0 Å². The first kappa shape index (κ1) is 42.5. The van der Waals surface area contributed by atoms with Gasteiger partial charge < -0.3 is 49.2 Å². The van der Waals surface area contributed by atoms with Crippen LogP contribution < -0.4 is 39.4 Å². The monoisotopic (exact) mass is 816 g/mol. The molecule has 4 amide bonds. The molecule has 2 aromatic heterocycles. The molecule has 16 heteroatoms. The van der Waals surface area contributed by atoms with Crippen LogP contribution >= 0.6 is 0 Å². The van der Waals surface area contributed by atoms with Crippen LogP contribution in [0, 0.1) is 23.7 Å². The van der Waals surface area contributed by atoms with Gasteiger partial charge in [-0.05, 0) is 76.2 Å². The Kier molecular flexibility index (Phi) is 12.6. The summed E-state index contributed by atoms with van der Waals surface area (Å²) in [5.74, 6) is 11.5. The third kappa shape index (κ3) is 10.5. The lowest BCUT2D eigenvalue weighted by atomic mass is 10.1. The highest BCUT2D eigenvalue weighted by atomic mass is 16.7. The number of amides is 4. The Morgan fingerprint density at radius 2 is 1.25 bits per heavy atom. The lowest BCUT2D eigenvalue weighted by Gasteiger charge is -2.21. The van der Waals surface area contributed by atoms with E-state index in [1.807, 2.05) is 0 Å². The maximum Gasteiger partial charge on any atom is 0.270 e. The van der Waals surface area contributed by atoms with Gasteiger partial charge in [0.25, 0.3) is 23.6 Å². The van der Waals surface area contributed by atoms with Crippen LogP contribution in [-0.2, 0) is 14.3 Å². The van der Waals surface area contributed by atoms with Crippen LogP contribution in [0.1, 0.15) is 59.8 Å². The van der Waals surface area contributed by atoms with Gasteiger partial charge in [0.1, 0.15) is 70.9 Å². The molecule has 0 spiro atoms. The van der Waals surface area contributed by atoms with Crippen LogP contribution in [0.4, 0.5) is 11.4 Å². The van der Waals surface area contributed by atoms with Crippen LogP contribution in [0.2, 0.25) is 0 Å². The van der Waals surface area contributed by atoms with Gasteiger partial charge >= 0.3 is 0 Å². The first-order valence-corrected chi connectivity index (χ1v) is 18.7. The summed E-state index contributed by atoms with van der Waals surface area (Å²) in [4.78, 5) is 63.9.